The number of alkyl carbamates (subject to hydrolysis) is 1. The minimum atomic E-state index is -1.09. The highest BCUT2D eigenvalue weighted by Gasteiger charge is 2.51. The third kappa shape index (κ3) is 4.40. The van der Waals surface area contributed by atoms with Gasteiger partial charge in [-0.3, -0.25) is 9.69 Å². The van der Waals surface area contributed by atoms with Crippen LogP contribution in [-0.2, 0) is 16.1 Å². The second-order valence-electron chi connectivity index (χ2n) is 10.7. The summed E-state index contributed by atoms with van der Waals surface area (Å²) < 4.78 is 5.79. The Morgan fingerprint density at radius 1 is 0.865 bits per heavy atom. The number of nitrogens with one attached hydrogen (secondary N) is 1. The first-order valence-electron chi connectivity index (χ1n) is 13.3. The second kappa shape index (κ2) is 9.67. The molecule has 6 heteroatoms. The fourth-order valence-corrected chi connectivity index (χ4v) is 6.79. The van der Waals surface area contributed by atoms with Gasteiger partial charge in [0.1, 0.15) is 12.1 Å². The largest absolute Gasteiger partial charge is 0.449 e. The van der Waals surface area contributed by atoms with Gasteiger partial charge in [0.15, 0.2) is 0 Å². The van der Waals surface area contributed by atoms with Crippen molar-refractivity contribution in [3.05, 3.63) is 95.6 Å². The molecule has 0 radical (unpaired) electrons. The van der Waals surface area contributed by atoms with E-state index in [9.17, 15) is 9.59 Å². The van der Waals surface area contributed by atoms with E-state index >= 15 is 0 Å². The SMILES string of the molecule is NC(=O)C1(NC(=O)OCC2c3ccccc3-c3ccccc32)CC2CCCC(C1)N2Cc1ccccc1. The van der Waals surface area contributed by atoms with E-state index in [1.807, 2.05) is 30.3 Å². The lowest BCUT2D eigenvalue weighted by Gasteiger charge is -2.52. The zero-order valence-corrected chi connectivity index (χ0v) is 20.9. The number of benzene rings is 3. The molecule has 6 nitrogen and oxygen atoms in total. The lowest BCUT2D eigenvalue weighted by Crippen LogP contribution is -2.68. The molecule has 3 aromatic carbocycles. The molecule has 2 atom stereocenters. The van der Waals surface area contributed by atoms with Crippen molar-refractivity contribution in [1.29, 1.82) is 0 Å². The monoisotopic (exact) mass is 495 g/mol. The molecule has 6 rings (SSSR count). The molecular formula is C31H33N3O3. The molecule has 2 unspecified atom stereocenters. The first kappa shape index (κ1) is 23.7. The number of carbonyl (C=O) groups is 2. The lowest BCUT2D eigenvalue weighted by molar-refractivity contribution is -0.130. The molecule has 2 saturated heterocycles. The van der Waals surface area contributed by atoms with Gasteiger partial charge in [0.2, 0.25) is 5.91 Å². The number of amides is 2. The third-order valence-electron chi connectivity index (χ3n) is 8.55. The fraction of sp³-hybridized carbons (Fsp3) is 0.355. The Kier molecular flexibility index (Phi) is 6.21. The summed E-state index contributed by atoms with van der Waals surface area (Å²) in [5.74, 6) is -0.507. The standard InChI is InChI=1S/C31H33N3O3/c32-29(35)31(17-22-11-8-12-23(18-31)34(22)19-21-9-2-1-3-10-21)33-30(36)37-20-28-26-15-6-4-13-24(26)25-14-5-7-16-27(25)28/h1-7,9-10,13-16,22-23,28H,8,11-12,17-20H2,(H2,32,35)(H,33,36). The highest BCUT2D eigenvalue weighted by atomic mass is 16.5. The van der Waals surface area contributed by atoms with E-state index in [1.54, 1.807) is 0 Å². The topological polar surface area (TPSA) is 84.7 Å². The minimum absolute atomic E-state index is 0.0326. The van der Waals surface area contributed by atoms with Crippen LogP contribution in [0.5, 0.6) is 0 Å². The van der Waals surface area contributed by atoms with Crippen LogP contribution in [0.15, 0.2) is 78.9 Å². The number of fused-ring (bicyclic) bond motifs is 5. The summed E-state index contributed by atoms with van der Waals surface area (Å²) in [6.07, 6.45) is 3.55. The maximum Gasteiger partial charge on any atom is 0.408 e. The number of hydrogen-bond acceptors (Lipinski definition) is 4. The van der Waals surface area contributed by atoms with Crippen LogP contribution in [0.4, 0.5) is 4.79 Å². The Labute approximate surface area is 217 Å². The van der Waals surface area contributed by atoms with Crippen LogP contribution in [0.2, 0.25) is 0 Å². The van der Waals surface area contributed by atoms with Crippen molar-refractivity contribution in [2.75, 3.05) is 6.61 Å². The van der Waals surface area contributed by atoms with Gasteiger partial charge in [0.05, 0.1) is 0 Å². The highest BCUT2D eigenvalue weighted by molar-refractivity contribution is 5.89. The van der Waals surface area contributed by atoms with Crippen LogP contribution in [0.3, 0.4) is 0 Å². The number of primary amides is 1. The Morgan fingerprint density at radius 3 is 2.03 bits per heavy atom. The molecule has 1 aliphatic carbocycles. The zero-order chi connectivity index (χ0) is 25.4. The predicted octanol–water partition coefficient (Wildman–Crippen LogP) is 4.97. The zero-order valence-electron chi connectivity index (χ0n) is 20.9. The van der Waals surface area contributed by atoms with E-state index in [4.69, 9.17) is 10.5 Å². The Balaban J connectivity index is 1.16. The van der Waals surface area contributed by atoms with Crippen molar-refractivity contribution in [3.8, 4) is 11.1 Å². The molecule has 3 N–H and O–H groups in total. The summed E-state index contributed by atoms with van der Waals surface area (Å²) in [5.41, 5.74) is 10.8. The van der Waals surface area contributed by atoms with Crippen LogP contribution in [-0.4, -0.2) is 41.1 Å². The molecule has 2 heterocycles. The van der Waals surface area contributed by atoms with Crippen LogP contribution >= 0.6 is 0 Å². The van der Waals surface area contributed by atoms with E-state index < -0.39 is 17.5 Å². The maximum absolute atomic E-state index is 13.1. The molecule has 2 aliphatic heterocycles. The van der Waals surface area contributed by atoms with Gasteiger partial charge >= 0.3 is 6.09 Å². The summed E-state index contributed by atoms with van der Waals surface area (Å²) in [6, 6.07) is 27.3. The Bertz CT molecular complexity index is 1250. The highest BCUT2D eigenvalue weighted by Crippen LogP contribution is 2.45. The molecule has 37 heavy (non-hydrogen) atoms. The number of rotatable bonds is 6. The number of piperidine rings is 2. The number of carbonyl (C=O) groups excluding carboxylic acids is 2. The molecule has 2 bridgehead atoms. The molecular weight excluding hydrogens is 462 g/mol. The van der Waals surface area contributed by atoms with E-state index in [1.165, 1.54) is 16.7 Å². The molecule has 0 spiro atoms. The van der Waals surface area contributed by atoms with Crippen molar-refractivity contribution >= 4 is 12.0 Å². The summed E-state index contributed by atoms with van der Waals surface area (Å²) in [6.45, 7) is 1.05. The van der Waals surface area contributed by atoms with Crippen molar-refractivity contribution in [3.63, 3.8) is 0 Å². The van der Waals surface area contributed by atoms with E-state index in [-0.39, 0.29) is 24.6 Å². The van der Waals surface area contributed by atoms with Gasteiger partial charge in [-0.15, -0.1) is 0 Å². The average molecular weight is 496 g/mol. The smallest absolute Gasteiger partial charge is 0.408 e. The number of nitrogens with zero attached hydrogens (tertiary/aromatic N) is 1. The molecule has 0 saturated carbocycles. The lowest BCUT2D eigenvalue weighted by atomic mass is 9.73. The molecule has 0 aromatic heterocycles. The summed E-state index contributed by atoms with van der Waals surface area (Å²) in [5, 5.41) is 2.95. The van der Waals surface area contributed by atoms with Gasteiger partial charge in [0.25, 0.3) is 0 Å². The van der Waals surface area contributed by atoms with E-state index in [0.29, 0.717) is 12.8 Å². The maximum atomic E-state index is 13.1. The quantitative estimate of drug-likeness (QED) is 0.506. The number of hydrogen-bond donors (Lipinski definition) is 2. The van der Waals surface area contributed by atoms with Gasteiger partial charge in [0, 0.05) is 24.5 Å². The summed E-state index contributed by atoms with van der Waals surface area (Å²) in [7, 11) is 0. The minimum Gasteiger partial charge on any atom is -0.449 e. The van der Waals surface area contributed by atoms with E-state index in [2.05, 4.69) is 58.7 Å². The van der Waals surface area contributed by atoms with Gasteiger partial charge in [-0.25, -0.2) is 4.79 Å². The molecule has 3 aromatic rings. The van der Waals surface area contributed by atoms with Crippen LogP contribution in [0, 0.1) is 0 Å². The van der Waals surface area contributed by atoms with Crippen molar-refractivity contribution in [2.24, 2.45) is 5.73 Å². The van der Waals surface area contributed by atoms with Gasteiger partial charge in [-0.2, -0.15) is 0 Å². The Morgan fingerprint density at radius 2 is 1.43 bits per heavy atom. The van der Waals surface area contributed by atoms with Crippen LogP contribution < -0.4 is 11.1 Å². The number of ether oxygens (including phenoxy) is 1. The van der Waals surface area contributed by atoms with Crippen molar-refractivity contribution < 1.29 is 14.3 Å². The van der Waals surface area contributed by atoms with E-state index in [0.717, 1.165) is 36.9 Å². The fourth-order valence-electron chi connectivity index (χ4n) is 6.79. The summed E-state index contributed by atoms with van der Waals surface area (Å²) in [4.78, 5) is 28.5. The first-order valence-corrected chi connectivity index (χ1v) is 13.3. The van der Waals surface area contributed by atoms with Gasteiger partial charge in [-0.1, -0.05) is 85.3 Å². The molecule has 3 aliphatic rings. The van der Waals surface area contributed by atoms with Gasteiger partial charge < -0.3 is 15.8 Å². The first-order chi connectivity index (χ1) is 18.0. The Hall–Kier alpha value is -3.64. The normalized spacial score (nSPS) is 24.6. The van der Waals surface area contributed by atoms with Crippen molar-refractivity contribution in [2.45, 2.75) is 62.2 Å². The number of nitrogens with two attached hydrogens (primary N) is 1. The predicted molar refractivity (Wildman–Crippen MR) is 143 cm³/mol. The van der Waals surface area contributed by atoms with Gasteiger partial charge in [-0.05, 0) is 53.5 Å². The average Bonchev–Trinajstić information content (AvgIpc) is 3.22. The summed E-state index contributed by atoms with van der Waals surface area (Å²) >= 11 is 0. The molecule has 190 valence electrons. The molecule has 2 amide bonds. The third-order valence-corrected chi connectivity index (χ3v) is 8.55. The van der Waals surface area contributed by atoms with Crippen LogP contribution in [0.1, 0.15) is 54.7 Å². The van der Waals surface area contributed by atoms with Crippen molar-refractivity contribution in [1.82, 2.24) is 10.2 Å². The second-order valence-corrected chi connectivity index (χ2v) is 10.7. The van der Waals surface area contributed by atoms with Crippen LogP contribution in [0.25, 0.3) is 11.1 Å². The molecule has 2 fully saturated rings.